The molecule has 2 aliphatic carbocycles. The molecule has 29 heavy (non-hydrogen) atoms. The fraction of sp³-hybridized carbons (Fsp3) is 0.500. The Morgan fingerprint density at radius 2 is 1.97 bits per heavy atom. The Kier molecular flexibility index (Phi) is 4.54. The zero-order chi connectivity index (χ0) is 20.1. The Bertz CT molecular complexity index is 917. The zero-order valence-corrected chi connectivity index (χ0v) is 17.8. The summed E-state index contributed by atoms with van der Waals surface area (Å²) in [6.45, 7) is 1.25. The highest BCUT2D eigenvalue weighted by atomic mass is 32.1. The topological polar surface area (TPSA) is 49.4 Å². The van der Waals surface area contributed by atoms with Crippen LogP contribution in [0.1, 0.15) is 37.7 Å². The SMILES string of the molecule is CNC(=O)[C@@]1(Cc2ccc(-c3cccs3)cc2)CCN(C(=O)[C@H]2CC23CCC3)C1. The summed E-state index contributed by atoms with van der Waals surface area (Å²) in [6, 6.07) is 12.7. The molecule has 3 aliphatic rings. The maximum absolute atomic E-state index is 13.0. The van der Waals surface area contributed by atoms with E-state index < -0.39 is 5.41 Å². The van der Waals surface area contributed by atoms with E-state index in [1.54, 1.807) is 18.4 Å². The predicted molar refractivity (Wildman–Crippen MR) is 116 cm³/mol. The van der Waals surface area contributed by atoms with Crippen molar-refractivity contribution in [2.75, 3.05) is 20.1 Å². The standard InChI is InChI=1S/C24H28N2O2S/c1-25-22(28)24(14-17-5-7-18(8-6-17)20-4-2-13-29-20)11-12-26(16-24)21(27)19-15-23(19)9-3-10-23/h2,4-8,13,19H,3,9-12,14-16H2,1H3,(H,25,28)/t19-,24-/m1/s1. The molecule has 0 radical (unpaired) electrons. The van der Waals surface area contributed by atoms with Crippen LogP contribution in [0.15, 0.2) is 41.8 Å². The Balaban J connectivity index is 1.31. The summed E-state index contributed by atoms with van der Waals surface area (Å²) in [5.41, 5.74) is 2.19. The summed E-state index contributed by atoms with van der Waals surface area (Å²) in [5, 5.41) is 4.95. The number of nitrogens with one attached hydrogen (secondary N) is 1. The largest absolute Gasteiger partial charge is 0.359 e. The summed E-state index contributed by atoms with van der Waals surface area (Å²) in [5.74, 6) is 0.578. The molecule has 1 spiro atoms. The Labute approximate surface area is 176 Å². The van der Waals surface area contributed by atoms with Crippen molar-refractivity contribution in [2.24, 2.45) is 16.7 Å². The summed E-state index contributed by atoms with van der Waals surface area (Å²) >= 11 is 1.73. The first-order valence-electron chi connectivity index (χ1n) is 10.7. The summed E-state index contributed by atoms with van der Waals surface area (Å²) in [6.07, 6.45) is 6.19. The molecular weight excluding hydrogens is 380 g/mol. The molecular formula is C24H28N2O2S. The monoisotopic (exact) mass is 408 g/mol. The number of nitrogens with zero attached hydrogens (tertiary/aromatic N) is 1. The van der Waals surface area contributed by atoms with Gasteiger partial charge in [0.05, 0.1) is 5.41 Å². The molecule has 1 aromatic heterocycles. The number of hydrogen-bond donors (Lipinski definition) is 1. The van der Waals surface area contributed by atoms with E-state index in [1.807, 2.05) is 4.90 Å². The van der Waals surface area contributed by atoms with Crippen molar-refractivity contribution in [3.05, 3.63) is 47.3 Å². The molecule has 3 fully saturated rings. The molecule has 2 heterocycles. The number of carbonyl (C=O) groups excluding carboxylic acids is 2. The van der Waals surface area contributed by atoms with Gasteiger partial charge in [0.2, 0.25) is 11.8 Å². The predicted octanol–water partition coefficient (Wildman–Crippen LogP) is 4.11. The number of likely N-dealkylation sites (tertiary alicyclic amines) is 1. The second-order valence-corrected chi connectivity index (χ2v) is 10.1. The van der Waals surface area contributed by atoms with E-state index in [0.29, 0.717) is 30.8 Å². The minimum atomic E-state index is -0.517. The van der Waals surface area contributed by atoms with Gasteiger partial charge in [0.25, 0.3) is 0 Å². The third-order valence-corrected chi connectivity index (χ3v) is 8.43. The molecule has 0 unspecified atom stereocenters. The summed E-state index contributed by atoms with van der Waals surface area (Å²) < 4.78 is 0. The normalized spacial score (nSPS) is 26.9. The first kappa shape index (κ1) is 18.9. The van der Waals surface area contributed by atoms with Crippen molar-refractivity contribution in [3.63, 3.8) is 0 Å². The van der Waals surface area contributed by atoms with Crippen LogP contribution in [0.4, 0.5) is 0 Å². The van der Waals surface area contributed by atoms with E-state index in [-0.39, 0.29) is 11.8 Å². The van der Waals surface area contributed by atoms with Crippen LogP contribution < -0.4 is 5.32 Å². The third kappa shape index (κ3) is 3.20. The van der Waals surface area contributed by atoms with Crippen molar-refractivity contribution in [3.8, 4) is 10.4 Å². The van der Waals surface area contributed by atoms with Crippen LogP contribution in [0.25, 0.3) is 10.4 Å². The molecule has 2 saturated carbocycles. The highest BCUT2D eigenvalue weighted by molar-refractivity contribution is 7.13. The lowest BCUT2D eigenvalue weighted by molar-refractivity contribution is -0.134. The van der Waals surface area contributed by atoms with Gasteiger partial charge in [-0.25, -0.2) is 0 Å². The average Bonchev–Trinajstić information content (AvgIpc) is 3.04. The van der Waals surface area contributed by atoms with E-state index in [1.165, 1.54) is 29.7 Å². The quantitative estimate of drug-likeness (QED) is 0.809. The van der Waals surface area contributed by atoms with Crippen molar-refractivity contribution in [1.82, 2.24) is 10.2 Å². The Morgan fingerprint density at radius 3 is 2.55 bits per heavy atom. The highest BCUT2D eigenvalue weighted by Gasteiger charge is 2.62. The van der Waals surface area contributed by atoms with Crippen LogP contribution >= 0.6 is 11.3 Å². The maximum Gasteiger partial charge on any atom is 0.228 e. The number of rotatable bonds is 5. The van der Waals surface area contributed by atoms with E-state index in [9.17, 15) is 9.59 Å². The lowest BCUT2D eigenvalue weighted by Crippen LogP contribution is -2.44. The van der Waals surface area contributed by atoms with Gasteiger partial charge in [-0.15, -0.1) is 11.3 Å². The second kappa shape index (κ2) is 6.98. The zero-order valence-electron chi connectivity index (χ0n) is 16.9. The highest BCUT2D eigenvalue weighted by Crippen LogP contribution is 2.66. The number of benzene rings is 1. The molecule has 4 nitrogen and oxygen atoms in total. The van der Waals surface area contributed by atoms with Gasteiger partial charge in [-0.05, 0) is 60.1 Å². The van der Waals surface area contributed by atoms with Crippen molar-refractivity contribution < 1.29 is 9.59 Å². The average molecular weight is 409 g/mol. The van der Waals surface area contributed by atoms with Crippen LogP contribution in [0, 0.1) is 16.7 Å². The van der Waals surface area contributed by atoms with E-state index in [4.69, 9.17) is 0 Å². The maximum atomic E-state index is 13.0. The van der Waals surface area contributed by atoms with Gasteiger partial charge < -0.3 is 10.2 Å². The van der Waals surface area contributed by atoms with Crippen molar-refractivity contribution >= 4 is 23.2 Å². The summed E-state index contributed by atoms with van der Waals surface area (Å²) in [7, 11) is 1.71. The Hall–Kier alpha value is -2.14. The number of carbonyl (C=O) groups is 2. The fourth-order valence-corrected chi connectivity index (χ4v) is 6.19. The lowest BCUT2D eigenvalue weighted by atomic mass is 9.79. The van der Waals surface area contributed by atoms with Gasteiger partial charge in [0.1, 0.15) is 0 Å². The minimum absolute atomic E-state index is 0.0595. The molecule has 2 aromatic rings. The van der Waals surface area contributed by atoms with Crippen LogP contribution in [-0.4, -0.2) is 36.9 Å². The van der Waals surface area contributed by atoms with Crippen LogP contribution in [-0.2, 0) is 16.0 Å². The second-order valence-electron chi connectivity index (χ2n) is 9.19. The molecule has 5 heteroatoms. The van der Waals surface area contributed by atoms with Gasteiger partial charge >= 0.3 is 0 Å². The van der Waals surface area contributed by atoms with E-state index in [2.05, 4.69) is 47.1 Å². The first-order chi connectivity index (χ1) is 14.1. The van der Waals surface area contributed by atoms with Crippen molar-refractivity contribution in [2.45, 2.75) is 38.5 Å². The molecule has 152 valence electrons. The van der Waals surface area contributed by atoms with Crippen LogP contribution in [0.2, 0.25) is 0 Å². The van der Waals surface area contributed by atoms with Crippen LogP contribution in [0.5, 0.6) is 0 Å². The minimum Gasteiger partial charge on any atom is -0.359 e. The van der Waals surface area contributed by atoms with E-state index >= 15 is 0 Å². The molecule has 0 bridgehead atoms. The Morgan fingerprint density at radius 1 is 1.17 bits per heavy atom. The summed E-state index contributed by atoms with van der Waals surface area (Å²) in [4.78, 5) is 29.2. The van der Waals surface area contributed by atoms with Crippen LogP contribution in [0.3, 0.4) is 0 Å². The molecule has 1 saturated heterocycles. The van der Waals surface area contributed by atoms with Gasteiger partial charge in [-0.3, -0.25) is 9.59 Å². The van der Waals surface area contributed by atoms with Gasteiger partial charge in [0, 0.05) is 30.9 Å². The molecule has 1 aliphatic heterocycles. The number of amides is 2. The molecule has 1 aromatic carbocycles. The first-order valence-corrected chi connectivity index (χ1v) is 11.6. The van der Waals surface area contributed by atoms with Gasteiger partial charge in [0.15, 0.2) is 0 Å². The molecule has 2 amide bonds. The number of thiophene rings is 1. The smallest absolute Gasteiger partial charge is 0.228 e. The van der Waals surface area contributed by atoms with E-state index in [0.717, 1.165) is 18.4 Å². The third-order valence-electron chi connectivity index (χ3n) is 7.51. The fourth-order valence-electron chi connectivity index (χ4n) is 5.46. The van der Waals surface area contributed by atoms with Gasteiger partial charge in [-0.2, -0.15) is 0 Å². The van der Waals surface area contributed by atoms with Crippen molar-refractivity contribution in [1.29, 1.82) is 0 Å². The molecule has 1 N–H and O–H groups in total. The lowest BCUT2D eigenvalue weighted by Gasteiger charge is -2.30. The number of hydrogen-bond acceptors (Lipinski definition) is 3. The molecule has 5 rings (SSSR count). The van der Waals surface area contributed by atoms with Gasteiger partial charge in [-0.1, -0.05) is 36.8 Å². The molecule has 2 atom stereocenters.